The summed E-state index contributed by atoms with van der Waals surface area (Å²) in [4.78, 5) is 7.17. The van der Waals surface area contributed by atoms with Crippen molar-refractivity contribution < 1.29 is 0 Å². The summed E-state index contributed by atoms with van der Waals surface area (Å²) in [5.74, 6) is 0. The highest BCUT2D eigenvalue weighted by Crippen LogP contribution is 2.26. The quantitative estimate of drug-likeness (QED) is 0.913. The first kappa shape index (κ1) is 10.9. The number of aromatic amines is 1. The van der Waals surface area contributed by atoms with Crippen molar-refractivity contribution in [1.29, 1.82) is 0 Å². The van der Waals surface area contributed by atoms with Gasteiger partial charge in [-0.25, -0.2) is 4.98 Å². The van der Waals surface area contributed by atoms with Crippen LogP contribution in [0.1, 0.15) is 11.3 Å². The molecule has 0 radical (unpaired) electrons. The predicted molar refractivity (Wildman–Crippen MR) is 67.8 cm³/mol. The Labute approximate surface area is 105 Å². The third-order valence-electron chi connectivity index (χ3n) is 2.25. The van der Waals surface area contributed by atoms with Gasteiger partial charge in [-0.05, 0) is 30.5 Å². The summed E-state index contributed by atoms with van der Waals surface area (Å²) in [7, 11) is 0. The van der Waals surface area contributed by atoms with Crippen LogP contribution >= 0.6 is 31.9 Å². The topological polar surface area (TPSA) is 28.7 Å². The molecular formula is C11H10Br2N2. The van der Waals surface area contributed by atoms with Crippen LogP contribution in [0.2, 0.25) is 0 Å². The maximum atomic E-state index is 4.20. The van der Waals surface area contributed by atoms with Crippen molar-refractivity contribution in [3.05, 3.63) is 50.9 Å². The number of H-pyrrole nitrogens is 1. The van der Waals surface area contributed by atoms with Gasteiger partial charge in [-0.15, -0.1) is 0 Å². The fourth-order valence-electron chi connectivity index (χ4n) is 1.45. The molecule has 0 aliphatic carbocycles. The zero-order valence-electron chi connectivity index (χ0n) is 8.00. The molecule has 0 amide bonds. The summed E-state index contributed by atoms with van der Waals surface area (Å²) in [5.41, 5.74) is 2.39. The Morgan fingerprint density at radius 1 is 1.13 bits per heavy atom. The van der Waals surface area contributed by atoms with Crippen LogP contribution in [0.25, 0.3) is 0 Å². The average Bonchev–Trinajstić information content (AvgIpc) is 2.70. The van der Waals surface area contributed by atoms with E-state index in [2.05, 4.69) is 54.0 Å². The van der Waals surface area contributed by atoms with Gasteiger partial charge >= 0.3 is 0 Å². The summed E-state index contributed by atoms with van der Waals surface area (Å²) in [5, 5.41) is 0. The van der Waals surface area contributed by atoms with Gasteiger partial charge in [0.15, 0.2) is 0 Å². The summed E-state index contributed by atoms with van der Waals surface area (Å²) >= 11 is 7.11. The lowest BCUT2D eigenvalue weighted by molar-refractivity contribution is 0.916. The monoisotopic (exact) mass is 328 g/mol. The van der Waals surface area contributed by atoms with Crippen molar-refractivity contribution in [3.63, 3.8) is 0 Å². The summed E-state index contributed by atoms with van der Waals surface area (Å²) in [6.45, 7) is 0. The SMILES string of the molecule is Brc1cccc(Br)c1CCc1c[nH]cn1. The van der Waals surface area contributed by atoms with Gasteiger partial charge < -0.3 is 4.98 Å². The first-order valence-corrected chi connectivity index (χ1v) is 6.26. The molecule has 15 heavy (non-hydrogen) atoms. The van der Waals surface area contributed by atoms with Crippen LogP contribution in [-0.2, 0) is 12.8 Å². The van der Waals surface area contributed by atoms with Gasteiger partial charge in [0.25, 0.3) is 0 Å². The van der Waals surface area contributed by atoms with Crippen LogP contribution in [0.4, 0.5) is 0 Å². The number of rotatable bonds is 3. The van der Waals surface area contributed by atoms with Crippen molar-refractivity contribution in [2.75, 3.05) is 0 Å². The minimum absolute atomic E-state index is 0.949. The molecule has 0 saturated carbocycles. The van der Waals surface area contributed by atoms with Crippen molar-refractivity contribution in [2.45, 2.75) is 12.8 Å². The minimum Gasteiger partial charge on any atom is -0.351 e. The summed E-state index contributed by atoms with van der Waals surface area (Å²) in [6, 6.07) is 6.14. The van der Waals surface area contributed by atoms with E-state index in [9.17, 15) is 0 Å². The Morgan fingerprint density at radius 3 is 2.47 bits per heavy atom. The molecule has 0 spiro atoms. The second-order valence-electron chi connectivity index (χ2n) is 3.26. The van der Waals surface area contributed by atoms with E-state index in [1.54, 1.807) is 6.33 Å². The molecular weight excluding hydrogens is 320 g/mol. The molecule has 78 valence electrons. The van der Waals surface area contributed by atoms with E-state index in [1.165, 1.54) is 5.56 Å². The third-order valence-corrected chi connectivity index (χ3v) is 3.73. The van der Waals surface area contributed by atoms with E-state index >= 15 is 0 Å². The normalized spacial score (nSPS) is 10.5. The minimum atomic E-state index is 0.949. The highest BCUT2D eigenvalue weighted by Gasteiger charge is 2.05. The number of nitrogens with zero attached hydrogens (tertiary/aromatic N) is 1. The van der Waals surface area contributed by atoms with Crippen LogP contribution in [0, 0.1) is 0 Å². The lowest BCUT2D eigenvalue weighted by atomic mass is 10.1. The molecule has 0 saturated heterocycles. The molecule has 1 heterocycles. The van der Waals surface area contributed by atoms with E-state index in [-0.39, 0.29) is 0 Å². The van der Waals surface area contributed by atoms with Crippen LogP contribution in [-0.4, -0.2) is 9.97 Å². The van der Waals surface area contributed by atoms with Gasteiger partial charge in [-0.2, -0.15) is 0 Å². The van der Waals surface area contributed by atoms with Crippen LogP contribution < -0.4 is 0 Å². The van der Waals surface area contributed by atoms with Gasteiger partial charge in [0, 0.05) is 15.1 Å². The Morgan fingerprint density at radius 2 is 1.87 bits per heavy atom. The Bertz CT molecular complexity index is 418. The molecule has 2 nitrogen and oxygen atoms in total. The number of halogens is 2. The Hall–Kier alpha value is -0.610. The van der Waals surface area contributed by atoms with Gasteiger partial charge in [-0.1, -0.05) is 37.9 Å². The molecule has 0 atom stereocenters. The van der Waals surface area contributed by atoms with Crippen LogP contribution in [0.15, 0.2) is 39.7 Å². The molecule has 0 aliphatic rings. The second-order valence-corrected chi connectivity index (χ2v) is 4.97. The fourth-order valence-corrected chi connectivity index (χ4v) is 2.85. The largest absolute Gasteiger partial charge is 0.351 e. The van der Waals surface area contributed by atoms with Crippen LogP contribution in [0.3, 0.4) is 0 Å². The first-order chi connectivity index (χ1) is 7.27. The number of hydrogen-bond donors (Lipinski definition) is 1. The van der Waals surface area contributed by atoms with Gasteiger partial charge in [0.05, 0.1) is 12.0 Å². The maximum absolute atomic E-state index is 4.20. The van der Waals surface area contributed by atoms with E-state index in [0.717, 1.165) is 27.5 Å². The Kier molecular flexibility index (Phi) is 3.59. The zero-order chi connectivity index (χ0) is 10.7. The first-order valence-electron chi connectivity index (χ1n) is 4.68. The summed E-state index contributed by atoms with van der Waals surface area (Å²) in [6.07, 6.45) is 5.58. The second kappa shape index (κ2) is 4.94. The third kappa shape index (κ3) is 2.69. The molecule has 1 aromatic heterocycles. The average molecular weight is 330 g/mol. The molecule has 0 unspecified atom stereocenters. The number of imidazole rings is 1. The van der Waals surface area contributed by atoms with Crippen molar-refractivity contribution in [3.8, 4) is 0 Å². The predicted octanol–water partition coefficient (Wildman–Crippen LogP) is 3.72. The number of hydrogen-bond acceptors (Lipinski definition) is 1. The summed E-state index contributed by atoms with van der Waals surface area (Å²) < 4.78 is 2.29. The highest BCUT2D eigenvalue weighted by molar-refractivity contribution is 9.11. The Balaban J connectivity index is 2.11. The maximum Gasteiger partial charge on any atom is 0.0923 e. The number of aromatic nitrogens is 2. The zero-order valence-corrected chi connectivity index (χ0v) is 11.2. The molecule has 0 aliphatic heterocycles. The number of aryl methyl sites for hydroxylation is 1. The molecule has 1 N–H and O–H groups in total. The lowest BCUT2D eigenvalue weighted by Gasteiger charge is -2.05. The number of nitrogens with one attached hydrogen (secondary N) is 1. The van der Waals surface area contributed by atoms with E-state index in [4.69, 9.17) is 0 Å². The molecule has 0 fully saturated rings. The van der Waals surface area contributed by atoms with Gasteiger partial charge in [0.1, 0.15) is 0 Å². The van der Waals surface area contributed by atoms with E-state index < -0.39 is 0 Å². The van der Waals surface area contributed by atoms with Crippen molar-refractivity contribution in [2.24, 2.45) is 0 Å². The van der Waals surface area contributed by atoms with Crippen molar-refractivity contribution >= 4 is 31.9 Å². The lowest BCUT2D eigenvalue weighted by Crippen LogP contribution is -1.93. The smallest absolute Gasteiger partial charge is 0.0923 e. The van der Waals surface area contributed by atoms with Crippen LogP contribution in [0.5, 0.6) is 0 Å². The molecule has 2 aromatic rings. The van der Waals surface area contributed by atoms with E-state index in [1.807, 2.05) is 12.3 Å². The molecule has 2 rings (SSSR count). The molecule has 0 bridgehead atoms. The van der Waals surface area contributed by atoms with E-state index in [0.29, 0.717) is 0 Å². The van der Waals surface area contributed by atoms with Gasteiger partial charge in [-0.3, -0.25) is 0 Å². The number of benzene rings is 1. The van der Waals surface area contributed by atoms with Crippen molar-refractivity contribution in [1.82, 2.24) is 9.97 Å². The standard InChI is InChI=1S/C11H10Br2N2/c12-10-2-1-3-11(13)9(10)5-4-8-6-14-7-15-8/h1-3,6-7H,4-5H2,(H,14,15). The highest BCUT2D eigenvalue weighted by atomic mass is 79.9. The molecule has 4 heteroatoms. The van der Waals surface area contributed by atoms with Gasteiger partial charge in [0.2, 0.25) is 0 Å². The molecule has 1 aromatic carbocycles. The fraction of sp³-hybridized carbons (Fsp3) is 0.182.